The number of hydrogen-bond donors (Lipinski definition) is 3. The normalized spacial score (nSPS) is 17.9. The standard InChI is InChI=1S/C17H25N3O2/c1-17(2,13-3-4-13)11-19-16(21)20-14-5-6-15-12(9-14)10-18-7-8-22-15/h5-6,9,13,18H,3-4,7-8,10-11H2,1-2H3,(H2,19,20,21). The Bertz CT molecular complexity index is 553. The molecule has 1 aliphatic carbocycles. The van der Waals surface area contributed by atoms with Crippen LogP contribution in [0.3, 0.4) is 0 Å². The first-order chi connectivity index (χ1) is 10.5. The summed E-state index contributed by atoms with van der Waals surface area (Å²) in [7, 11) is 0. The Morgan fingerprint density at radius 1 is 1.41 bits per heavy atom. The molecule has 0 spiro atoms. The Balaban J connectivity index is 1.56. The van der Waals surface area contributed by atoms with Gasteiger partial charge in [0.25, 0.3) is 0 Å². The zero-order valence-electron chi connectivity index (χ0n) is 13.4. The van der Waals surface area contributed by atoms with Gasteiger partial charge in [0.15, 0.2) is 0 Å². The first kappa shape index (κ1) is 15.2. The van der Waals surface area contributed by atoms with E-state index < -0.39 is 0 Å². The third-order valence-corrected chi connectivity index (χ3v) is 4.56. The first-order valence-electron chi connectivity index (χ1n) is 8.06. The average Bonchev–Trinajstić information content (AvgIpc) is 3.32. The largest absolute Gasteiger partial charge is 0.492 e. The molecule has 1 saturated carbocycles. The number of rotatable bonds is 4. The minimum Gasteiger partial charge on any atom is -0.492 e. The lowest BCUT2D eigenvalue weighted by Crippen LogP contribution is -2.37. The van der Waals surface area contributed by atoms with Crippen molar-refractivity contribution in [3.8, 4) is 5.75 Å². The highest BCUT2D eigenvalue weighted by Gasteiger charge is 2.37. The van der Waals surface area contributed by atoms with E-state index in [-0.39, 0.29) is 11.4 Å². The maximum absolute atomic E-state index is 12.1. The number of carbonyl (C=O) groups excluding carboxylic acids is 1. The van der Waals surface area contributed by atoms with Crippen LogP contribution in [0.15, 0.2) is 18.2 Å². The lowest BCUT2D eigenvalue weighted by atomic mass is 9.87. The van der Waals surface area contributed by atoms with Crippen molar-refractivity contribution in [2.45, 2.75) is 33.2 Å². The van der Waals surface area contributed by atoms with Crippen LogP contribution in [0.5, 0.6) is 5.75 Å². The molecule has 2 aliphatic rings. The van der Waals surface area contributed by atoms with Crippen molar-refractivity contribution in [3.63, 3.8) is 0 Å². The van der Waals surface area contributed by atoms with Crippen molar-refractivity contribution in [1.82, 2.24) is 10.6 Å². The van der Waals surface area contributed by atoms with Crippen LogP contribution >= 0.6 is 0 Å². The predicted octanol–water partition coefficient (Wildman–Crippen LogP) is 2.73. The highest BCUT2D eigenvalue weighted by molar-refractivity contribution is 5.89. The lowest BCUT2D eigenvalue weighted by Gasteiger charge is -2.24. The summed E-state index contributed by atoms with van der Waals surface area (Å²) in [6, 6.07) is 5.64. The van der Waals surface area contributed by atoms with Crippen LogP contribution in [-0.2, 0) is 6.54 Å². The molecular weight excluding hydrogens is 278 g/mol. The molecule has 3 rings (SSSR count). The summed E-state index contributed by atoms with van der Waals surface area (Å²) >= 11 is 0. The number of ether oxygens (including phenoxy) is 1. The van der Waals surface area contributed by atoms with Crippen LogP contribution in [0, 0.1) is 11.3 Å². The quantitative estimate of drug-likeness (QED) is 0.801. The molecule has 0 radical (unpaired) electrons. The van der Waals surface area contributed by atoms with Crippen LogP contribution in [0.4, 0.5) is 10.5 Å². The first-order valence-corrected chi connectivity index (χ1v) is 8.06. The molecule has 120 valence electrons. The summed E-state index contributed by atoms with van der Waals surface area (Å²) in [4.78, 5) is 12.1. The van der Waals surface area contributed by atoms with E-state index in [0.717, 1.165) is 36.0 Å². The molecule has 1 fully saturated rings. The molecular formula is C17H25N3O2. The molecule has 1 aliphatic heterocycles. The molecule has 0 aromatic heterocycles. The van der Waals surface area contributed by atoms with E-state index in [2.05, 4.69) is 29.8 Å². The van der Waals surface area contributed by atoms with E-state index in [1.807, 2.05) is 18.2 Å². The molecule has 0 atom stereocenters. The number of benzene rings is 1. The van der Waals surface area contributed by atoms with Gasteiger partial charge in [0, 0.05) is 30.9 Å². The number of fused-ring (bicyclic) bond motifs is 1. The molecule has 1 aromatic carbocycles. The predicted molar refractivity (Wildman–Crippen MR) is 87.2 cm³/mol. The SMILES string of the molecule is CC(C)(CNC(=O)Nc1ccc2c(c1)CNCCO2)C1CC1. The van der Waals surface area contributed by atoms with E-state index in [1.165, 1.54) is 12.8 Å². The number of nitrogens with one attached hydrogen (secondary N) is 3. The number of hydrogen-bond acceptors (Lipinski definition) is 3. The molecule has 5 heteroatoms. The van der Waals surface area contributed by atoms with E-state index in [1.54, 1.807) is 0 Å². The zero-order chi connectivity index (χ0) is 15.6. The van der Waals surface area contributed by atoms with Gasteiger partial charge in [-0.05, 0) is 42.4 Å². The fourth-order valence-electron chi connectivity index (χ4n) is 2.88. The molecule has 0 saturated heterocycles. The van der Waals surface area contributed by atoms with Crippen LogP contribution in [0.1, 0.15) is 32.3 Å². The van der Waals surface area contributed by atoms with E-state index >= 15 is 0 Å². The molecule has 2 amide bonds. The van der Waals surface area contributed by atoms with Gasteiger partial charge >= 0.3 is 6.03 Å². The monoisotopic (exact) mass is 303 g/mol. The van der Waals surface area contributed by atoms with Gasteiger partial charge in [-0.15, -0.1) is 0 Å². The smallest absolute Gasteiger partial charge is 0.319 e. The Kier molecular flexibility index (Phi) is 4.25. The summed E-state index contributed by atoms with van der Waals surface area (Å²) < 4.78 is 5.64. The van der Waals surface area contributed by atoms with E-state index in [0.29, 0.717) is 13.2 Å². The number of urea groups is 1. The Hall–Kier alpha value is -1.75. The van der Waals surface area contributed by atoms with Crippen molar-refractivity contribution >= 4 is 11.7 Å². The van der Waals surface area contributed by atoms with Gasteiger partial charge in [-0.3, -0.25) is 0 Å². The molecule has 1 aromatic rings. The Labute approximate surface area is 131 Å². The van der Waals surface area contributed by atoms with Crippen molar-refractivity contribution in [2.24, 2.45) is 11.3 Å². The molecule has 0 bridgehead atoms. The van der Waals surface area contributed by atoms with Crippen LogP contribution in [0.25, 0.3) is 0 Å². The average molecular weight is 303 g/mol. The van der Waals surface area contributed by atoms with Gasteiger partial charge in [0.2, 0.25) is 0 Å². The van der Waals surface area contributed by atoms with Gasteiger partial charge in [0.05, 0.1) is 0 Å². The highest BCUT2D eigenvalue weighted by atomic mass is 16.5. The molecule has 3 N–H and O–H groups in total. The van der Waals surface area contributed by atoms with Gasteiger partial charge in [-0.25, -0.2) is 4.79 Å². The minimum absolute atomic E-state index is 0.142. The number of amides is 2. The van der Waals surface area contributed by atoms with Crippen molar-refractivity contribution in [3.05, 3.63) is 23.8 Å². The topological polar surface area (TPSA) is 62.4 Å². The minimum atomic E-state index is -0.142. The summed E-state index contributed by atoms with van der Waals surface area (Å²) in [5, 5.41) is 9.19. The summed E-state index contributed by atoms with van der Waals surface area (Å²) in [6.07, 6.45) is 2.57. The van der Waals surface area contributed by atoms with Gasteiger partial charge in [0.1, 0.15) is 12.4 Å². The highest BCUT2D eigenvalue weighted by Crippen LogP contribution is 2.44. The van der Waals surface area contributed by atoms with Crippen LogP contribution < -0.4 is 20.7 Å². The Morgan fingerprint density at radius 3 is 3.00 bits per heavy atom. The zero-order valence-corrected chi connectivity index (χ0v) is 13.4. The summed E-state index contributed by atoms with van der Waals surface area (Å²) in [5.41, 5.74) is 2.06. The van der Waals surface area contributed by atoms with E-state index in [4.69, 9.17) is 4.74 Å². The number of carbonyl (C=O) groups is 1. The van der Waals surface area contributed by atoms with Crippen LogP contribution in [-0.4, -0.2) is 25.7 Å². The fraction of sp³-hybridized carbons (Fsp3) is 0.588. The van der Waals surface area contributed by atoms with Crippen LogP contribution in [0.2, 0.25) is 0 Å². The van der Waals surface area contributed by atoms with E-state index in [9.17, 15) is 4.79 Å². The summed E-state index contributed by atoms with van der Waals surface area (Å²) in [5.74, 6) is 1.65. The fourth-order valence-corrected chi connectivity index (χ4v) is 2.88. The number of anilines is 1. The molecule has 0 unspecified atom stereocenters. The lowest BCUT2D eigenvalue weighted by molar-refractivity contribution is 0.239. The van der Waals surface area contributed by atoms with Crippen molar-refractivity contribution in [2.75, 3.05) is 25.0 Å². The third-order valence-electron chi connectivity index (χ3n) is 4.56. The van der Waals surface area contributed by atoms with Gasteiger partial charge < -0.3 is 20.7 Å². The van der Waals surface area contributed by atoms with Gasteiger partial charge in [-0.2, -0.15) is 0 Å². The van der Waals surface area contributed by atoms with Crippen molar-refractivity contribution < 1.29 is 9.53 Å². The second kappa shape index (κ2) is 6.16. The molecule has 5 nitrogen and oxygen atoms in total. The third kappa shape index (κ3) is 3.71. The maximum Gasteiger partial charge on any atom is 0.319 e. The molecule has 1 heterocycles. The van der Waals surface area contributed by atoms with Gasteiger partial charge in [-0.1, -0.05) is 13.8 Å². The molecule has 22 heavy (non-hydrogen) atoms. The maximum atomic E-state index is 12.1. The second-order valence-corrected chi connectivity index (χ2v) is 6.92. The summed E-state index contributed by atoms with van der Waals surface area (Å²) in [6.45, 7) is 7.43. The Morgan fingerprint density at radius 2 is 2.23 bits per heavy atom. The second-order valence-electron chi connectivity index (χ2n) is 6.92. The van der Waals surface area contributed by atoms with Crippen molar-refractivity contribution in [1.29, 1.82) is 0 Å².